The molecule has 1 aromatic carbocycles. The molecule has 0 amide bonds. The fourth-order valence-corrected chi connectivity index (χ4v) is 1.76. The van der Waals surface area contributed by atoms with E-state index < -0.39 is 0 Å². The Morgan fingerprint density at radius 1 is 1.26 bits per heavy atom. The maximum absolute atomic E-state index is 7.91. The smallest absolute Gasteiger partial charge is 0.231 e. The second-order valence-corrected chi connectivity index (χ2v) is 4.31. The summed E-state index contributed by atoms with van der Waals surface area (Å²) >= 11 is 0. The average Bonchev–Trinajstić information content (AvgIpc) is 2.84. The number of rotatable bonds is 2. The molecule has 1 aromatic rings. The Balaban J connectivity index is 2.05. The fraction of sp³-hybridized carbons (Fsp3) is 0.333. The molecule has 0 radical (unpaired) electrons. The van der Waals surface area contributed by atoms with Gasteiger partial charge < -0.3 is 20.1 Å². The largest absolute Gasteiger partial charge is 0.454 e. The van der Waals surface area contributed by atoms with E-state index in [0.717, 1.165) is 17.1 Å². The molecule has 0 saturated heterocycles. The molecule has 0 aromatic heterocycles. The summed E-state index contributed by atoms with van der Waals surface area (Å²) in [4.78, 5) is 2.99. The van der Waals surface area contributed by atoms with E-state index >= 15 is 0 Å². The molecule has 7 heteroatoms. The van der Waals surface area contributed by atoms with E-state index in [2.05, 4.69) is 0 Å². The van der Waals surface area contributed by atoms with Crippen LogP contribution >= 0.6 is 0 Å². The third kappa shape index (κ3) is 2.70. The molecule has 0 unspecified atom stereocenters. The van der Waals surface area contributed by atoms with Crippen molar-refractivity contribution in [2.45, 2.75) is 6.54 Å². The van der Waals surface area contributed by atoms with Crippen LogP contribution in [0.25, 0.3) is 0 Å². The molecule has 1 aliphatic heterocycles. The molecule has 0 atom stereocenters. The van der Waals surface area contributed by atoms with Crippen LogP contribution in [0.2, 0.25) is 0 Å². The number of nitrogens with one attached hydrogen (secondary N) is 2. The van der Waals surface area contributed by atoms with Crippen LogP contribution in [-0.2, 0) is 6.54 Å². The van der Waals surface area contributed by atoms with Gasteiger partial charge in [0.1, 0.15) is 0 Å². The third-order valence-electron chi connectivity index (χ3n) is 2.90. The topological polar surface area (TPSA) is 98.7 Å². The van der Waals surface area contributed by atoms with Crippen molar-refractivity contribution >= 4 is 11.9 Å². The molecule has 0 saturated carbocycles. The van der Waals surface area contributed by atoms with Crippen molar-refractivity contribution in [1.29, 1.82) is 10.8 Å². The zero-order chi connectivity index (χ0) is 14.0. The first-order valence-corrected chi connectivity index (χ1v) is 5.75. The number of ether oxygens (including phenoxy) is 2. The number of benzene rings is 1. The minimum atomic E-state index is -0.164. The van der Waals surface area contributed by atoms with E-state index in [1.807, 2.05) is 18.2 Å². The molecule has 19 heavy (non-hydrogen) atoms. The highest BCUT2D eigenvalue weighted by molar-refractivity contribution is 5.94. The summed E-state index contributed by atoms with van der Waals surface area (Å²) in [6.07, 6.45) is 0. The zero-order valence-corrected chi connectivity index (χ0v) is 10.9. The molecule has 7 nitrogen and oxygen atoms in total. The predicted molar refractivity (Wildman–Crippen MR) is 71.4 cm³/mol. The van der Waals surface area contributed by atoms with Crippen LogP contribution < -0.4 is 15.2 Å². The van der Waals surface area contributed by atoms with E-state index in [0.29, 0.717) is 6.54 Å². The van der Waals surface area contributed by atoms with Crippen LogP contribution in [0.4, 0.5) is 0 Å². The summed E-state index contributed by atoms with van der Waals surface area (Å²) in [7, 11) is 3.35. The van der Waals surface area contributed by atoms with Gasteiger partial charge in [-0.25, -0.2) is 0 Å². The van der Waals surface area contributed by atoms with E-state index in [-0.39, 0.29) is 18.7 Å². The molecular weight excluding hydrogens is 246 g/mol. The van der Waals surface area contributed by atoms with E-state index in [4.69, 9.17) is 26.0 Å². The van der Waals surface area contributed by atoms with Gasteiger partial charge in [-0.15, -0.1) is 0 Å². The maximum atomic E-state index is 7.91. The standard InChI is InChI=1S/C12H17N5O2/c1-16(12(15)17(2)11(13)14)6-8-3-4-9-10(5-8)19-7-18-9/h3-5,15H,6-7H2,1-2H3,(H3,13,14). The van der Waals surface area contributed by atoms with E-state index in [1.165, 1.54) is 4.90 Å². The molecule has 0 fully saturated rings. The Bertz CT molecular complexity index is 517. The highest BCUT2D eigenvalue weighted by Crippen LogP contribution is 2.32. The van der Waals surface area contributed by atoms with Gasteiger partial charge >= 0.3 is 0 Å². The Morgan fingerprint density at radius 2 is 1.95 bits per heavy atom. The molecular formula is C12H17N5O2. The number of nitrogens with two attached hydrogens (primary N) is 1. The fourth-order valence-electron chi connectivity index (χ4n) is 1.76. The van der Waals surface area contributed by atoms with E-state index in [1.54, 1.807) is 19.0 Å². The monoisotopic (exact) mass is 263 g/mol. The summed E-state index contributed by atoms with van der Waals surface area (Å²) in [5, 5.41) is 15.2. The van der Waals surface area contributed by atoms with Crippen molar-refractivity contribution in [1.82, 2.24) is 9.80 Å². The van der Waals surface area contributed by atoms with Crippen molar-refractivity contribution in [2.24, 2.45) is 5.73 Å². The second-order valence-electron chi connectivity index (χ2n) is 4.31. The normalized spacial score (nSPS) is 12.1. The summed E-state index contributed by atoms with van der Waals surface area (Å²) < 4.78 is 10.6. The van der Waals surface area contributed by atoms with Crippen molar-refractivity contribution in [2.75, 3.05) is 20.9 Å². The number of fused-ring (bicyclic) bond motifs is 1. The summed E-state index contributed by atoms with van der Waals surface area (Å²) in [5.74, 6) is 1.45. The highest BCUT2D eigenvalue weighted by Gasteiger charge is 2.16. The first-order chi connectivity index (χ1) is 8.99. The van der Waals surface area contributed by atoms with Crippen LogP contribution in [-0.4, -0.2) is 42.6 Å². The molecule has 0 aliphatic carbocycles. The number of nitrogens with zero attached hydrogens (tertiary/aromatic N) is 2. The van der Waals surface area contributed by atoms with Crippen molar-refractivity contribution in [3.63, 3.8) is 0 Å². The zero-order valence-electron chi connectivity index (χ0n) is 10.9. The number of guanidine groups is 2. The lowest BCUT2D eigenvalue weighted by molar-refractivity contribution is 0.174. The van der Waals surface area contributed by atoms with Gasteiger partial charge in [0, 0.05) is 20.6 Å². The van der Waals surface area contributed by atoms with Crippen LogP contribution in [0.1, 0.15) is 5.56 Å². The number of hydrogen-bond acceptors (Lipinski definition) is 4. The summed E-state index contributed by atoms with van der Waals surface area (Å²) in [5.41, 5.74) is 6.34. The first-order valence-electron chi connectivity index (χ1n) is 5.75. The van der Waals surface area contributed by atoms with Gasteiger partial charge in [-0.05, 0) is 17.7 Å². The van der Waals surface area contributed by atoms with Crippen LogP contribution in [0, 0.1) is 10.8 Å². The van der Waals surface area contributed by atoms with Crippen molar-refractivity contribution in [3.05, 3.63) is 23.8 Å². The highest BCUT2D eigenvalue weighted by atomic mass is 16.7. The Hall–Kier alpha value is -2.44. The van der Waals surface area contributed by atoms with Gasteiger partial charge in [0.15, 0.2) is 23.4 Å². The lowest BCUT2D eigenvalue weighted by Crippen LogP contribution is -2.45. The number of hydrogen-bond donors (Lipinski definition) is 3. The van der Waals surface area contributed by atoms with E-state index in [9.17, 15) is 0 Å². The molecule has 1 heterocycles. The van der Waals surface area contributed by atoms with Crippen LogP contribution in [0.15, 0.2) is 18.2 Å². The molecule has 0 bridgehead atoms. The molecule has 2 rings (SSSR count). The quantitative estimate of drug-likeness (QED) is 0.536. The van der Waals surface area contributed by atoms with Gasteiger partial charge in [0.2, 0.25) is 6.79 Å². The lowest BCUT2D eigenvalue weighted by Gasteiger charge is -2.26. The first kappa shape index (κ1) is 13.0. The van der Waals surface area contributed by atoms with Crippen molar-refractivity contribution in [3.8, 4) is 11.5 Å². The summed E-state index contributed by atoms with van der Waals surface area (Å²) in [6, 6.07) is 5.66. The Labute approximate surface area is 111 Å². The van der Waals surface area contributed by atoms with Crippen molar-refractivity contribution < 1.29 is 9.47 Å². The lowest BCUT2D eigenvalue weighted by atomic mass is 10.2. The van der Waals surface area contributed by atoms with Gasteiger partial charge in [-0.1, -0.05) is 6.07 Å². The minimum absolute atomic E-state index is 0.158. The maximum Gasteiger partial charge on any atom is 0.231 e. The molecule has 4 N–H and O–H groups in total. The minimum Gasteiger partial charge on any atom is -0.454 e. The van der Waals surface area contributed by atoms with Crippen LogP contribution in [0.5, 0.6) is 11.5 Å². The Morgan fingerprint density at radius 3 is 2.63 bits per heavy atom. The SMILES string of the molecule is CN(Cc1ccc2c(c1)OCO2)C(=N)N(C)C(=N)N. The third-order valence-corrected chi connectivity index (χ3v) is 2.90. The second kappa shape index (κ2) is 5.05. The summed E-state index contributed by atoms with van der Waals surface area (Å²) in [6.45, 7) is 0.768. The van der Waals surface area contributed by atoms with Crippen LogP contribution in [0.3, 0.4) is 0 Å². The predicted octanol–water partition coefficient (Wildman–Crippen LogP) is 0.607. The average molecular weight is 263 g/mol. The molecule has 102 valence electrons. The Kier molecular flexibility index (Phi) is 3.46. The van der Waals surface area contributed by atoms with Gasteiger partial charge in [-0.2, -0.15) is 0 Å². The van der Waals surface area contributed by atoms with Gasteiger partial charge in [0.25, 0.3) is 0 Å². The van der Waals surface area contributed by atoms with Gasteiger partial charge in [-0.3, -0.25) is 15.7 Å². The molecule has 0 spiro atoms. The van der Waals surface area contributed by atoms with Gasteiger partial charge in [0.05, 0.1) is 0 Å². The molecule has 1 aliphatic rings.